The summed E-state index contributed by atoms with van der Waals surface area (Å²) in [5.41, 5.74) is 1.64. The predicted octanol–water partition coefficient (Wildman–Crippen LogP) is 5.22. The van der Waals surface area contributed by atoms with Gasteiger partial charge < -0.3 is 9.47 Å². The quantitative estimate of drug-likeness (QED) is 0.368. The summed E-state index contributed by atoms with van der Waals surface area (Å²) in [5, 5.41) is 0.945. The average molecular weight is 393 g/mol. The van der Waals surface area contributed by atoms with E-state index in [1.54, 1.807) is 55.7 Å². The molecule has 26 heavy (non-hydrogen) atoms. The molecule has 0 unspecified atom stereocenters. The third-order valence-electron chi connectivity index (χ3n) is 3.61. The molecule has 2 aromatic carbocycles. The van der Waals surface area contributed by atoms with Crippen LogP contribution in [0.1, 0.15) is 29.3 Å². The lowest BCUT2D eigenvalue weighted by Crippen LogP contribution is -2.08. The summed E-state index contributed by atoms with van der Waals surface area (Å²) in [5.74, 6) is 0.0873. The Morgan fingerprint density at radius 3 is 2.35 bits per heavy atom. The van der Waals surface area contributed by atoms with Crippen molar-refractivity contribution in [1.29, 1.82) is 0 Å². The summed E-state index contributed by atoms with van der Waals surface area (Å²) < 4.78 is 10.1. The number of Topliss-reactive ketones (excluding diaryl/α,β-unsaturated/α-hetero) is 1. The highest BCUT2D eigenvalue weighted by atomic mass is 35.5. The summed E-state index contributed by atoms with van der Waals surface area (Å²) in [6.45, 7) is 1.43. The van der Waals surface area contributed by atoms with Crippen LogP contribution in [-0.4, -0.2) is 25.5 Å². The summed E-state index contributed by atoms with van der Waals surface area (Å²) >= 11 is 12.1. The number of ether oxygens (including phenoxy) is 2. The lowest BCUT2D eigenvalue weighted by Gasteiger charge is -2.09. The maximum absolute atomic E-state index is 12.9. The topological polar surface area (TPSA) is 52.6 Å². The molecule has 0 aliphatic carbocycles. The average Bonchev–Trinajstić information content (AvgIpc) is 2.62. The van der Waals surface area contributed by atoms with Crippen LogP contribution in [0.5, 0.6) is 5.75 Å². The Labute approximate surface area is 162 Å². The van der Waals surface area contributed by atoms with Crippen molar-refractivity contribution in [2.24, 2.45) is 0 Å². The van der Waals surface area contributed by atoms with Crippen LogP contribution in [0.25, 0.3) is 6.08 Å². The predicted molar refractivity (Wildman–Crippen MR) is 103 cm³/mol. The second-order valence-electron chi connectivity index (χ2n) is 5.48. The number of hydrogen-bond acceptors (Lipinski definition) is 4. The zero-order valence-electron chi connectivity index (χ0n) is 14.4. The Morgan fingerprint density at radius 1 is 1.08 bits per heavy atom. The minimum Gasteiger partial charge on any atom is -0.497 e. The SMILES string of the molecule is COc1ccc(C(=O)/C(=C/c2ccc(Cl)cc2Cl)CCOC(C)=O)cc1. The molecule has 0 aromatic heterocycles. The van der Waals surface area contributed by atoms with E-state index >= 15 is 0 Å². The molecule has 0 fully saturated rings. The van der Waals surface area contributed by atoms with Crippen molar-refractivity contribution in [2.45, 2.75) is 13.3 Å². The molecule has 0 atom stereocenters. The lowest BCUT2D eigenvalue weighted by atomic mass is 9.98. The second kappa shape index (κ2) is 9.41. The number of hydrogen-bond donors (Lipinski definition) is 0. The Bertz CT molecular complexity index is 826. The first kappa shape index (κ1) is 20.0. The van der Waals surface area contributed by atoms with Crippen LogP contribution in [0, 0.1) is 0 Å². The molecule has 6 heteroatoms. The normalized spacial score (nSPS) is 11.2. The van der Waals surface area contributed by atoms with Gasteiger partial charge in [0, 0.05) is 34.5 Å². The van der Waals surface area contributed by atoms with Gasteiger partial charge in [-0.2, -0.15) is 0 Å². The first-order chi connectivity index (χ1) is 12.4. The molecule has 0 amide bonds. The smallest absolute Gasteiger partial charge is 0.302 e. The summed E-state index contributed by atoms with van der Waals surface area (Å²) in [6, 6.07) is 11.8. The van der Waals surface area contributed by atoms with E-state index in [9.17, 15) is 9.59 Å². The molecule has 0 heterocycles. The van der Waals surface area contributed by atoms with Crippen molar-refractivity contribution in [2.75, 3.05) is 13.7 Å². The van der Waals surface area contributed by atoms with Gasteiger partial charge in [0.05, 0.1) is 13.7 Å². The second-order valence-corrected chi connectivity index (χ2v) is 6.33. The molecule has 0 aliphatic heterocycles. The third kappa shape index (κ3) is 5.61. The van der Waals surface area contributed by atoms with Crippen LogP contribution in [0.3, 0.4) is 0 Å². The van der Waals surface area contributed by atoms with Crippen molar-refractivity contribution in [3.8, 4) is 5.75 Å². The van der Waals surface area contributed by atoms with Crippen LogP contribution in [0.2, 0.25) is 10.0 Å². The van der Waals surface area contributed by atoms with Crippen molar-refractivity contribution in [3.05, 3.63) is 69.2 Å². The van der Waals surface area contributed by atoms with Crippen molar-refractivity contribution in [3.63, 3.8) is 0 Å². The maximum atomic E-state index is 12.9. The molecule has 0 spiro atoms. The van der Waals surface area contributed by atoms with Crippen LogP contribution < -0.4 is 4.74 Å². The van der Waals surface area contributed by atoms with Crippen LogP contribution in [-0.2, 0) is 9.53 Å². The Morgan fingerprint density at radius 2 is 1.77 bits per heavy atom. The van der Waals surface area contributed by atoms with Gasteiger partial charge in [0.25, 0.3) is 0 Å². The van der Waals surface area contributed by atoms with E-state index in [4.69, 9.17) is 32.7 Å². The zero-order chi connectivity index (χ0) is 19.1. The monoisotopic (exact) mass is 392 g/mol. The molecule has 136 valence electrons. The van der Waals surface area contributed by atoms with Gasteiger partial charge in [0.2, 0.25) is 0 Å². The number of ketones is 1. The molecular weight excluding hydrogens is 375 g/mol. The minimum absolute atomic E-state index is 0.105. The first-order valence-electron chi connectivity index (χ1n) is 7.88. The van der Waals surface area contributed by atoms with Crippen molar-refractivity contribution in [1.82, 2.24) is 0 Å². The van der Waals surface area contributed by atoms with Crippen LogP contribution >= 0.6 is 23.2 Å². The maximum Gasteiger partial charge on any atom is 0.302 e. The number of carbonyl (C=O) groups excluding carboxylic acids is 2. The zero-order valence-corrected chi connectivity index (χ0v) is 15.9. The van der Waals surface area contributed by atoms with Gasteiger partial charge in [0.15, 0.2) is 5.78 Å². The number of methoxy groups -OCH3 is 1. The number of benzene rings is 2. The lowest BCUT2D eigenvalue weighted by molar-refractivity contribution is -0.140. The summed E-state index contributed by atoms with van der Waals surface area (Å²) in [4.78, 5) is 23.9. The summed E-state index contributed by atoms with van der Waals surface area (Å²) in [7, 11) is 1.56. The van der Waals surface area contributed by atoms with Crippen molar-refractivity contribution < 1.29 is 19.1 Å². The molecule has 0 bridgehead atoms. The fraction of sp³-hybridized carbons (Fsp3) is 0.200. The first-order valence-corrected chi connectivity index (χ1v) is 8.64. The standard InChI is InChI=1S/C20H18Cl2O4/c1-13(23)26-10-9-16(11-15-3-6-17(21)12-19(15)22)20(24)14-4-7-18(25-2)8-5-14/h3-8,11-12H,9-10H2,1-2H3/b16-11+. The van der Waals surface area contributed by atoms with Gasteiger partial charge >= 0.3 is 5.97 Å². The highest BCUT2D eigenvalue weighted by molar-refractivity contribution is 6.35. The molecular formula is C20H18Cl2O4. The van der Waals surface area contributed by atoms with E-state index < -0.39 is 5.97 Å². The van der Waals surface area contributed by atoms with Gasteiger partial charge in [-0.15, -0.1) is 0 Å². The molecule has 0 saturated heterocycles. The molecule has 2 rings (SSSR count). The highest BCUT2D eigenvalue weighted by Gasteiger charge is 2.14. The largest absolute Gasteiger partial charge is 0.497 e. The fourth-order valence-electron chi connectivity index (χ4n) is 2.29. The van der Waals surface area contributed by atoms with Crippen LogP contribution in [0.15, 0.2) is 48.0 Å². The number of carbonyl (C=O) groups is 2. The molecule has 2 aromatic rings. The summed E-state index contributed by atoms with van der Waals surface area (Å²) in [6.07, 6.45) is 1.96. The van der Waals surface area contributed by atoms with E-state index in [1.165, 1.54) is 6.92 Å². The minimum atomic E-state index is -0.397. The van der Waals surface area contributed by atoms with Gasteiger partial charge in [0.1, 0.15) is 5.75 Å². The number of esters is 1. The molecule has 0 radical (unpaired) electrons. The Balaban J connectivity index is 2.33. The van der Waals surface area contributed by atoms with Crippen LogP contribution in [0.4, 0.5) is 0 Å². The van der Waals surface area contributed by atoms with Gasteiger partial charge in [-0.1, -0.05) is 29.3 Å². The van der Waals surface area contributed by atoms with E-state index in [-0.39, 0.29) is 18.8 Å². The molecule has 0 N–H and O–H groups in total. The van der Waals surface area contributed by atoms with E-state index in [0.29, 0.717) is 32.5 Å². The Kier molecular flexibility index (Phi) is 7.25. The van der Waals surface area contributed by atoms with E-state index in [0.717, 1.165) is 0 Å². The van der Waals surface area contributed by atoms with Gasteiger partial charge in [-0.05, 0) is 48.0 Å². The third-order valence-corrected chi connectivity index (χ3v) is 4.18. The van der Waals surface area contributed by atoms with Gasteiger partial charge in [-0.25, -0.2) is 0 Å². The van der Waals surface area contributed by atoms with Crippen molar-refractivity contribution >= 4 is 41.0 Å². The van der Waals surface area contributed by atoms with E-state index in [2.05, 4.69) is 0 Å². The fourth-order valence-corrected chi connectivity index (χ4v) is 2.75. The Hall–Kier alpha value is -2.30. The molecule has 0 saturated carbocycles. The highest BCUT2D eigenvalue weighted by Crippen LogP contribution is 2.25. The molecule has 0 aliphatic rings. The number of halogens is 2. The van der Waals surface area contributed by atoms with Gasteiger partial charge in [-0.3, -0.25) is 9.59 Å². The van der Waals surface area contributed by atoms with E-state index in [1.807, 2.05) is 0 Å². The molecule has 4 nitrogen and oxygen atoms in total. The number of rotatable bonds is 7.